The lowest BCUT2D eigenvalue weighted by Gasteiger charge is -2.08. The van der Waals surface area contributed by atoms with Gasteiger partial charge in [0.2, 0.25) is 0 Å². The molecule has 3 N–H and O–H groups in total. The van der Waals surface area contributed by atoms with Gasteiger partial charge in [-0.3, -0.25) is 0 Å². The van der Waals surface area contributed by atoms with Crippen molar-refractivity contribution in [2.75, 3.05) is 13.7 Å². The number of H-pyrrole nitrogens is 1. The van der Waals surface area contributed by atoms with Crippen molar-refractivity contribution in [2.24, 2.45) is 5.73 Å². The average molecular weight is 190 g/mol. The van der Waals surface area contributed by atoms with Crippen molar-refractivity contribution >= 4 is 10.9 Å². The summed E-state index contributed by atoms with van der Waals surface area (Å²) >= 11 is 0. The van der Waals surface area contributed by atoms with E-state index in [1.165, 1.54) is 5.39 Å². The second-order valence-corrected chi connectivity index (χ2v) is 3.35. The fourth-order valence-corrected chi connectivity index (χ4v) is 1.67. The molecule has 0 unspecified atom stereocenters. The van der Waals surface area contributed by atoms with Crippen LogP contribution < -0.4 is 5.73 Å². The highest BCUT2D eigenvalue weighted by molar-refractivity contribution is 5.83. The Labute approximate surface area is 82.9 Å². The lowest BCUT2D eigenvalue weighted by Crippen LogP contribution is -2.15. The van der Waals surface area contributed by atoms with E-state index in [2.05, 4.69) is 11.1 Å². The number of fused-ring (bicyclic) bond motifs is 1. The monoisotopic (exact) mass is 190 g/mol. The van der Waals surface area contributed by atoms with Gasteiger partial charge in [0.25, 0.3) is 0 Å². The molecule has 0 aliphatic heterocycles. The maximum Gasteiger partial charge on any atom is 0.0656 e. The van der Waals surface area contributed by atoms with E-state index in [0.717, 1.165) is 11.1 Å². The number of nitrogens with two attached hydrogens (primary N) is 1. The van der Waals surface area contributed by atoms with Crippen LogP contribution in [-0.2, 0) is 4.74 Å². The molecular formula is C11H14N2O. The highest BCUT2D eigenvalue weighted by Crippen LogP contribution is 2.22. The van der Waals surface area contributed by atoms with Gasteiger partial charge in [0.15, 0.2) is 0 Å². The zero-order valence-corrected chi connectivity index (χ0v) is 8.16. The van der Waals surface area contributed by atoms with E-state index in [1.54, 1.807) is 7.11 Å². The summed E-state index contributed by atoms with van der Waals surface area (Å²) in [5.41, 5.74) is 8.20. The largest absolute Gasteiger partial charge is 0.383 e. The SMILES string of the molecule is COC[C@@H](N)c1c[nH]c2ccccc12. The van der Waals surface area contributed by atoms with Crippen LogP contribution in [0.5, 0.6) is 0 Å². The van der Waals surface area contributed by atoms with Gasteiger partial charge in [-0.1, -0.05) is 18.2 Å². The van der Waals surface area contributed by atoms with Crippen LogP contribution in [-0.4, -0.2) is 18.7 Å². The van der Waals surface area contributed by atoms with Crippen molar-refractivity contribution in [1.82, 2.24) is 4.98 Å². The third kappa shape index (κ3) is 1.52. The second-order valence-electron chi connectivity index (χ2n) is 3.35. The standard InChI is InChI=1S/C11H14N2O/c1-14-7-10(12)9-6-13-11-5-3-2-4-8(9)11/h2-6,10,13H,7,12H2,1H3/t10-/m1/s1. The molecule has 0 saturated carbocycles. The molecule has 74 valence electrons. The summed E-state index contributed by atoms with van der Waals surface area (Å²) in [6, 6.07) is 8.06. The van der Waals surface area contributed by atoms with E-state index in [-0.39, 0.29) is 6.04 Å². The topological polar surface area (TPSA) is 51.0 Å². The third-order valence-electron chi connectivity index (χ3n) is 2.37. The number of ether oxygens (including phenoxy) is 1. The number of hydrogen-bond donors (Lipinski definition) is 2. The summed E-state index contributed by atoms with van der Waals surface area (Å²) in [5, 5.41) is 1.18. The van der Waals surface area contributed by atoms with Crippen molar-refractivity contribution in [3.05, 3.63) is 36.0 Å². The van der Waals surface area contributed by atoms with Gasteiger partial charge in [0, 0.05) is 24.2 Å². The van der Waals surface area contributed by atoms with Gasteiger partial charge in [-0.25, -0.2) is 0 Å². The van der Waals surface area contributed by atoms with Gasteiger partial charge < -0.3 is 15.5 Å². The van der Waals surface area contributed by atoms with Crippen LogP contribution in [0.2, 0.25) is 0 Å². The highest BCUT2D eigenvalue weighted by Gasteiger charge is 2.10. The van der Waals surface area contributed by atoms with Crippen LogP contribution in [0.3, 0.4) is 0 Å². The minimum Gasteiger partial charge on any atom is -0.383 e. The Morgan fingerprint density at radius 1 is 1.43 bits per heavy atom. The van der Waals surface area contributed by atoms with Crippen molar-refractivity contribution in [2.45, 2.75) is 6.04 Å². The van der Waals surface area contributed by atoms with Crippen LogP contribution >= 0.6 is 0 Å². The molecule has 0 aliphatic rings. The van der Waals surface area contributed by atoms with Crippen LogP contribution in [0.1, 0.15) is 11.6 Å². The predicted octanol–water partition coefficient (Wildman–Crippen LogP) is 1.81. The number of benzene rings is 1. The van der Waals surface area contributed by atoms with Gasteiger partial charge in [0.05, 0.1) is 12.6 Å². The number of hydrogen-bond acceptors (Lipinski definition) is 2. The summed E-state index contributed by atoms with van der Waals surface area (Å²) in [6.45, 7) is 0.543. The lowest BCUT2D eigenvalue weighted by molar-refractivity contribution is 0.181. The number of aromatic nitrogens is 1. The molecule has 0 radical (unpaired) electrons. The van der Waals surface area contributed by atoms with Crippen LogP contribution in [0.25, 0.3) is 10.9 Å². The summed E-state index contributed by atoms with van der Waals surface area (Å²) in [7, 11) is 1.66. The molecule has 3 heteroatoms. The fraction of sp³-hybridized carbons (Fsp3) is 0.273. The molecule has 1 heterocycles. The molecule has 0 spiro atoms. The first-order valence-corrected chi connectivity index (χ1v) is 4.63. The lowest BCUT2D eigenvalue weighted by atomic mass is 10.1. The second kappa shape index (κ2) is 3.82. The Bertz CT molecular complexity index is 422. The predicted molar refractivity (Wildman–Crippen MR) is 57.1 cm³/mol. The number of rotatable bonds is 3. The quantitative estimate of drug-likeness (QED) is 0.775. The Balaban J connectivity index is 2.42. The molecule has 0 amide bonds. The van der Waals surface area contributed by atoms with E-state index in [4.69, 9.17) is 10.5 Å². The normalized spacial score (nSPS) is 13.3. The molecule has 2 rings (SSSR count). The first kappa shape index (κ1) is 9.24. The zero-order chi connectivity index (χ0) is 9.97. The van der Waals surface area contributed by atoms with Gasteiger partial charge in [-0.2, -0.15) is 0 Å². The Hall–Kier alpha value is -1.32. The molecule has 0 bridgehead atoms. The van der Waals surface area contributed by atoms with Gasteiger partial charge in [0.1, 0.15) is 0 Å². The van der Waals surface area contributed by atoms with Crippen LogP contribution in [0, 0.1) is 0 Å². The Morgan fingerprint density at radius 3 is 3.00 bits per heavy atom. The Morgan fingerprint density at radius 2 is 2.21 bits per heavy atom. The van der Waals surface area contributed by atoms with E-state index in [0.29, 0.717) is 6.61 Å². The maximum absolute atomic E-state index is 5.97. The molecule has 0 saturated heterocycles. The average Bonchev–Trinajstić information content (AvgIpc) is 2.61. The number of methoxy groups -OCH3 is 1. The van der Waals surface area contributed by atoms with Crippen molar-refractivity contribution in [3.8, 4) is 0 Å². The molecule has 14 heavy (non-hydrogen) atoms. The molecule has 0 fully saturated rings. The van der Waals surface area contributed by atoms with Crippen molar-refractivity contribution in [1.29, 1.82) is 0 Å². The van der Waals surface area contributed by atoms with Crippen molar-refractivity contribution in [3.63, 3.8) is 0 Å². The van der Waals surface area contributed by atoms with E-state index >= 15 is 0 Å². The molecule has 1 aromatic heterocycles. The summed E-state index contributed by atoms with van der Waals surface area (Å²) in [5.74, 6) is 0. The van der Waals surface area contributed by atoms with Gasteiger partial charge in [-0.15, -0.1) is 0 Å². The van der Waals surface area contributed by atoms with Gasteiger partial charge >= 0.3 is 0 Å². The maximum atomic E-state index is 5.97. The zero-order valence-electron chi connectivity index (χ0n) is 8.16. The fourth-order valence-electron chi connectivity index (χ4n) is 1.67. The Kier molecular flexibility index (Phi) is 2.52. The molecule has 3 nitrogen and oxygen atoms in total. The van der Waals surface area contributed by atoms with E-state index < -0.39 is 0 Å². The molecule has 0 aliphatic carbocycles. The molecule has 1 atom stereocenters. The smallest absolute Gasteiger partial charge is 0.0656 e. The summed E-state index contributed by atoms with van der Waals surface area (Å²) in [6.07, 6.45) is 1.95. The minimum absolute atomic E-state index is 0.0591. The number of para-hydroxylation sites is 1. The van der Waals surface area contributed by atoms with Crippen LogP contribution in [0.4, 0.5) is 0 Å². The van der Waals surface area contributed by atoms with Crippen LogP contribution in [0.15, 0.2) is 30.5 Å². The molecular weight excluding hydrogens is 176 g/mol. The third-order valence-corrected chi connectivity index (χ3v) is 2.37. The van der Waals surface area contributed by atoms with E-state index in [1.807, 2.05) is 24.4 Å². The molecule has 1 aromatic carbocycles. The minimum atomic E-state index is -0.0591. The van der Waals surface area contributed by atoms with Gasteiger partial charge in [-0.05, 0) is 11.6 Å². The highest BCUT2D eigenvalue weighted by atomic mass is 16.5. The summed E-state index contributed by atoms with van der Waals surface area (Å²) in [4.78, 5) is 3.19. The first-order valence-electron chi connectivity index (χ1n) is 4.63. The molecule has 2 aromatic rings. The van der Waals surface area contributed by atoms with E-state index in [9.17, 15) is 0 Å². The number of nitrogens with one attached hydrogen (secondary N) is 1. The number of aromatic amines is 1. The first-order chi connectivity index (χ1) is 6.83. The van der Waals surface area contributed by atoms with Crippen molar-refractivity contribution < 1.29 is 4.74 Å². The summed E-state index contributed by atoms with van der Waals surface area (Å²) < 4.78 is 5.04.